The largest absolute Gasteiger partial charge is 0.618 e. The first-order valence-corrected chi connectivity index (χ1v) is 10.5. The summed E-state index contributed by atoms with van der Waals surface area (Å²) in [6.45, 7) is 0. The van der Waals surface area contributed by atoms with Crippen LogP contribution in [-0.2, 0) is 17.6 Å². The van der Waals surface area contributed by atoms with Gasteiger partial charge in [-0.1, -0.05) is 18.2 Å². The van der Waals surface area contributed by atoms with Gasteiger partial charge in [0.25, 0.3) is 5.03 Å². The van der Waals surface area contributed by atoms with Gasteiger partial charge in [0, 0.05) is 23.5 Å². The lowest BCUT2D eigenvalue weighted by Crippen LogP contribution is -2.28. The number of nitrogens with zero attached hydrogens (tertiary/aromatic N) is 3. The first kappa shape index (κ1) is 19.1. The zero-order chi connectivity index (χ0) is 20.2. The summed E-state index contributed by atoms with van der Waals surface area (Å²) in [6.07, 6.45) is 5.24. The molecule has 0 aliphatic heterocycles. The summed E-state index contributed by atoms with van der Waals surface area (Å²) in [7, 11) is 0. The highest BCUT2D eigenvalue weighted by atomic mass is 32.2. The van der Waals surface area contributed by atoms with Crippen LogP contribution in [0.1, 0.15) is 29.7 Å². The summed E-state index contributed by atoms with van der Waals surface area (Å²) < 4.78 is 2.75. The number of pyridine rings is 1. The minimum atomic E-state index is -0.248. The van der Waals surface area contributed by atoms with Gasteiger partial charge in [-0.05, 0) is 61.2 Å². The van der Waals surface area contributed by atoms with E-state index in [0.717, 1.165) is 47.4 Å². The summed E-state index contributed by atoms with van der Waals surface area (Å²) in [4.78, 5) is 12.7. The Labute approximate surface area is 173 Å². The zero-order valence-corrected chi connectivity index (χ0v) is 16.6. The van der Waals surface area contributed by atoms with E-state index in [-0.39, 0.29) is 11.7 Å². The summed E-state index contributed by atoms with van der Waals surface area (Å²) >= 11 is 1.17. The number of aromatic nitrogens is 2. The highest BCUT2D eigenvalue weighted by Gasteiger charge is 2.26. The van der Waals surface area contributed by atoms with Gasteiger partial charge in [-0.15, -0.1) is 0 Å². The number of amides is 1. The van der Waals surface area contributed by atoms with Crippen LogP contribution in [0.15, 0.2) is 59.8 Å². The number of fused-ring (bicyclic) bond motifs is 1. The van der Waals surface area contributed by atoms with Gasteiger partial charge in [0.05, 0.1) is 11.3 Å². The monoisotopic (exact) mass is 404 g/mol. The molecule has 1 aliphatic rings. The third-order valence-corrected chi connectivity index (χ3v) is 6.01. The van der Waals surface area contributed by atoms with Crippen molar-refractivity contribution in [2.45, 2.75) is 30.7 Å². The Balaban J connectivity index is 1.66. The molecule has 3 aromatic rings. The Bertz CT molecular complexity index is 1090. The maximum Gasteiger partial charge on any atom is 0.251 e. The predicted molar refractivity (Wildman–Crippen MR) is 112 cm³/mol. The van der Waals surface area contributed by atoms with Gasteiger partial charge < -0.3 is 10.5 Å². The molecule has 0 spiro atoms. The number of nitriles is 1. The molecule has 0 atom stereocenters. The SMILES string of the molecule is N#Cc1c2c(n(-c3ccccc3)c1NC(=O)CSc1cccc[n+]1[O-])CCCC2. The van der Waals surface area contributed by atoms with Crippen LogP contribution in [0.2, 0.25) is 0 Å². The fourth-order valence-electron chi connectivity index (χ4n) is 3.73. The lowest BCUT2D eigenvalue weighted by molar-refractivity contribution is -0.645. The molecular formula is C22H20N4O2S. The average molecular weight is 404 g/mol. The number of para-hydroxylation sites is 1. The van der Waals surface area contributed by atoms with Crippen molar-refractivity contribution < 1.29 is 9.52 Å². The van der Waals surface area contributed by atoms with Crippen LogP contribution in [-0.4, -0.2) is 16.2 Å². The molecule has 1 aliphatic carbocycles. The molecule has 1 amide bonds. The molecule has 0 saturated heterocycles. The van der Waals surface area contributed by atoms with Crippen molar-refractivity contribution in [3.05, 3.63) is 76.8 Å². The molecule has 0 fully saturated rings. The van der Waals surface area contributed by atoms with Gasteiger partial charge in [-0.25, -0.2) is 0 Å². The summed E-state index contributed by atoms with van der Waals surface area (Å²) in [5, 5.41) is 25.0. The fraction of sp³-hybridized carbons (Fsp3) is 0.227. The number of benzene rings is 1. The highest BCUT2D eigenvalue weighted by Crippen LogP contribution is 2.35. The van der Waals surface area contributed by atoms with Crippen molar-refractivity contribution in [2.75, 3.05) is 11.1 Å². The number of hydrogen-bond donors (Lipinski definition) is 1. The number of anilines is 1. The van der Waals surface area contributed by atoms with E-state index in [1.54, 1.807) is 18.2 Å². The van der Waals surface area contributed by atoms with Crippen LogP contribution in [0.3, 0.4) is 0 Å². The number of hydrogen-bond acceptors (Lipinski definition) is 4. The molecule has 0 bridgehead atoms. The van der Waals surface area contributed by atoms with Crippen LogP contribution < -0.4 is 10.0 Å². The minimum absolute atomic E-state index is 0.0851. The molecule has 2 heterocycles. The van der Waals surface area contributed by atoms with Crippen LogP contribution in [0.25, 0.3) is 5.69 Å². The van der Waals surface area contributed by atoms with Crippen LogP contribution >= 0.6 is 11.8 Å². The van der Waals surface area contributed by atoms with E-state index >= 15 is 0 Å². The van der Waals surface area contributed by atoms with Gasteiger partial charge in [0.1, 0.15) is 11.9 Å². The Hall–Kier alpha value is -3.24. The molecule has 29 heavy (non-hydrogen) atoms. The molecular weight excluding hydrogens is 384 g/mol. The molecule has 146 valence electrons. The van der Waals surface area contributed by atoms with Crippen molar-refractivity contribution in [3.8, 4) is 11.8 Å². The number of carbonyl (C=O) groups excluding carboxylic acids is 1. The van der Waals surface area contributed by atoms with E-state index in [0.29, 0.717) is 16.4 Å². The highest BCUT2D eigenvalue weighted by molar-refractivity contribution is 7.99. The van der Waals surface area contributed by atoms with Crippen LogP contribution in [0, 0.1) is 16.5 Å². The second-order valence-corrected chi connectivity index (χ2v) is 7.84. The van der Waals surface area contributed by atoms with Gasteiger partial charge in [0.15, 0.2) is 6.20 Å². The molecule has 6 nitrogen and oxygen atoms in total. The molecule has 1 aromatic carbocycles. The Kier molecular flexibility index (Phi) is 5.54. The fourth-order valence-corrected chi connectivity index (χ4v) is 4.44. The summed E-state index contributed by atoms with van der Waals surface area (Å²) in [5.74, 6) is 0.364. The normalized spacial score (nSPS) is 12.8. The summed E-state index contributed by atoms with van der Waals surface area (Å²) in [5.41, 5.74) is 3.60. The van der Waals surface area contributed by atoms with E-state index in [9.17, 15) is 15.3 Å². The van der Waals surface area contributed by atoms with E-state index in [1.807, 2.05) is 34.9 Å². The number of carbonyl (C=O) groups is 1. The van der Waals surface area contributed by atoms with Crippen molar-refractivity contribution >= 4 is 23.5 Å². The van der Waals surface area contributed by atoms with Crippen LogP contribution in [0.4, 0.5) is 5.82 Å². The Morgan fingerprint density at radius 2 is 1.93 bits per heavy atom. The number of rotatable bonds is 5. The van der Waals surface area contributed by atoms with E-state index in [1.165, 1.54) is 18.0 Å². The second kappa shape index (κ2) is 8.41. The molecule has 1 N–H and O–H groups in total. The first-order valence-electron chi connectivity index (χ1n) is 9.52. The number of nitrogens with one attached hydrogen (secondary N) is 1. The van der Waals surface area contributed by atoms with Gasteiger partial charge in [-0.2, -0.15) is 9.99 Å². The van der Waals surface area contributed by atoms with Gasteiger partial charge in [-0.3, -0.25) is 9.36 Å². The molecule has 0 unspecified atom stereocenters. The Morgan fingerprint density at radius 3 is 2.69 bits per heavy atom. The van der Waals surface area contributed by atoms with Crippen molar-refractivity contribution in [1.82, 2.24) is 4.57 Å². The predicted octanol–water partition coefficient (Wildman–Crippen LogP) is 3.59. The third kappa shape index (κ3) is 3.84. The first-order chi connectivity index (χ1) is 14.2. The maximum atomic E-state index is 12.7. The van der Waals surface area contributed by atoms with Crippen molar-refractivity contribution in [2.24, 2.45) is 0 Å². The van der Waals surface area contributed by atoms with E-state index in [2.05, 4.69) is 11.4 Å². The van der Waals surface area contributed by atoms with Crippen LogP contribution in [0.5, 0.6) is 0 Å². The van der Waals surface area contributed by atoms with Crippen molar-refractivity contribution in [1.29, 1.82) is 5.26 Å². The second-order valence-electron chi connectivity index (χ2n) is 6.84. The average Bonchev–Trinajstić information content (AvgIpc) is 3.06. The number of thioether (sulfide) groups is 1. The van der Waals surface area contributed by atoms with E-state index < -0.39 is 0 Å². The molecule has 7 heteroatoms. The van der Waals surface area contributed by atoms with Crippen molar-refractivity contribution in [3.63, 3.8) is 0 Å². The van der Waals surface area contributed by atoms with Gasteiger partial charge in [0.2, 0.25) is 5.91 Å². The van der Waals surface area contributed by atoms with Gasteiger partial charge >= 0.3 is 0 Å². The summed E-state index contributed by atoms with van der Waals surface area (Å²) in [6, 6.07) is 17.2. The standard InChI is InChI=1S/C22H20N4O2S/c23-14-18-17-10-4-5-11-19(17)26(16-8-2-1-3-9-16)22(18)24-20(27)15-29-21-12-6-7-13-25(21)28/h1-3,6-9,12-13H,4-5,10-11,15H2,(H,24,27). The quantitative estimate of drug-likeness (QED) is 0.400. The third-order valence-electron chi connectivity index (χ3n) is 4.99. The smallest absolute Gasteiger partial charge is 0.251 e. The minimum Gasteiger partial charge on any atom is -0.618 e. The Morgan fingerprint density at radius 1 is 1.17 bits per heavy atom. The molecule has 0 radical (unpaired) electrons. The molecule has 0 saturated carbocycles. The zero-order valence-electron chi connectivity index (χ0n) is 15.8. The molecule has 2 aromatic heterocycles. The topological polar surface area (TPSA) is 84.8 Å². The van der Waals surface area contributed by atoms with E-state index in [4.69, 9.17) is 0 Å². The molecule has 4 rings (SSSR count). The lowest BCUT2D eigenvalue weighted by atomic mass is 9.95. The maximum absolute atomic E-state index is 12.7. The lowest BCUT2D eigenvalue weighted by Gasteiger charge is -2.17.